The number of halogens is 2. The molecule has 0 fully saturated rings. The molecule has 5 nitrogen and oxygen atoms in total. The van der Waals surface area contributed by atoms with Crippen molar-refractivity contribution in [1.82, 2.24) is 0 Å². The lowest BCUT2D eigenvalue weighted by Gasteiger charge is -2.06. The van der Waals surface area contributed by atoms with Gasteiger partial charge in [0, 0.05) is 35.0 Å². The lowest BCUT2D eigenvalue weighted by Crippen LogP contribution is -3.00. The molecule has 0 N–H and O–H groups in total. The van der Waals surface area contributed by atoms with Crippen molar-refractivity contribution >= 4 is 21.8 Å². The first-order valence-corrected chi connectivity index (χ1v) is 10.9. The molecule has 176 valence electrons. The zero-order valence-corrected chi connectivity index (χ0v) is 21.8. The molecule has 2 aromatic heterocycles. The first kappa shape index (κ1) is 27.3. The van der Waals surface area contributed by atoms with Gasteiger partial charge in [-0.05, 0) is 24.3 Å². The lowest BCUT2D eigenvalue weighted by atomic mass is 10.2. The average Bonchev–Trinajstić information content (AvgIpc) is 2.82. The molecule has 2 aromatic carbocycles. The smallest absolute Gasteiger partial charge is 0.212 e. The van der Waals surface area contributed by atoms with Gasteiger partial charge < -0.3 is 48.2 Å². The monoisotopic (exact) mass is 576 g/mol. The summed E-state index contributed by atoms with van der Waals surface area (Å²) < 4.78 is 21.5. The van der Waals surface area contributed by atoms with E-state index in [1.165, 1.54) is 21.8 Å². The summed E-state index contributed by atoms with van der Waals surface area (Å²) >= 11 is 0. The molecule has 2 heterocycles. The maximum Gasteiger partial charge on any atom is 0.212 e. The minimum atomic E-state index is 0. The second-order valence-corrected chi connectivity index (χ2v) is 7.36. The molecule has 0 unspecified atom stereocenters. The Kier molecular flexibility index (Phi) is 12.5. The standard InChI is InChI=1S/C26H30N2O3.2BrH/c1-3-11-25-23(7-1)9-5-13-27(25)15-17-29-19-21-31-22-20-30-18-16-28-14-6-10-24-8-2-4-12-26(24)28;;/h1-14H,15-22H2;2*1H/q+2;;/p-2. The van der Waals surface area contributed by atoms with Crippen LogP contribution in [0.5, 0.6) is 0 Å². The van der Waals surface area contributed by atoms with Crippen molar-refractivity contribution in [2.24, 2.45) is 0 Å². The average molecular weight is 578 g/mol. The summed E-state index contributed by atoms with van der Waals surface area (Å²) in [6, 6.07) is 25.2. The lowest BCUT2D eigenvalue weighted by molar-refractivity contribution is -0.673. The molecule has 0 radical (unpaired) electrons. The fourth-order valence-corrected chi connectivity index (χ4v) is 3.70. The van der Waals surface area contributed by atoms with Gasteiger partial charge in [-0.3, -0.25) is 0 Å². The minimum absolute atomic E-state index is 0. The summed E-state index contributed by atoms with van der Waals surface area (Å²) in [4.78, 5) is 0. The fourth-order valence-electron chi connectivity index (χ4n) is 3.70. The number of hydrogen-bond acceptors (Lipinski definition) is 3. The van der Waals surface area contributed by atoms with Crippen LogP contribution in [-0.2, 0) is 27.3 Å². The number of ether oxygens (including phenoxy) is 3. The number of fused-ring (bicyclic) bond motifs is 2. The first-order chi connectivity index (χ1) is 15.4. The van der Waals surface area contributed by atoms with E-state index in [0.717, 1.165) is 13.1 Å². The van der Waals surface area contributed by atoms with E-state index in [1.807, 2.05) is 0 Å². The van der Waals surface area contributed by atoms with Gasteiger partial charge in [-0.1, -0.05) is 24.3 Å². The van der Waals surface area contributed by atoms with E-state index < -0.39 is 0 Å². The van der Waals surface area contributed by atoms with Crippen molar-refractivity contribution in [3.05, 3.63) is 85.2 Å². The number of pyridine rings is 2. The SMILES string of the molecule is [Br-].[Br-].c1ccc2c(c1)ccc[n+]2CCOCCOCCOCC[n+]1cccc2ccccc21. The van der Waals surface area contributed by atoms with E-state index in [4.69, 9.17) is 14.2 Å². The molecule has 0 aliphatic heterocycles. The van der Waals surface area contributed by atoms with Crippen LogP contribution in [0, 0.1) is 0 Å². The Labute approximate surface area is 216 Å². The number of nitrogens with zero attached hydrogens (tertiary/aromatic N) is 2. The Bertz CT molecular complexity index is 1010. The molecular weight excluding hydrogens is 548 g/mol. The van der Waals surface area contributed by atoms with Crippen LogP contribution >= 0.6 is 0 Å². The molecule has 7 heteroatoms. The third-order valence-electron chi connectivity index (χ3n) is 5.27. The van der Waals surface area contributed by atoms with Gasteiger partial charge in [-0.15, -0.1) is 0 Å². The first-order valence-electron chi connectivity index (χ1n) is 10.9. The molecule has 4 rings (SSSR count). The summed E-state index contributed by atoms with van der Waals surface area (Å²) in [5.41, 5.74) is 2.45. The van der Waals surface area contributed by atoms with Crippen LogP contribution in [0.25, 0.3) is 21.8 Å². The highest BCUT2D eigenvalue weighted by Gasteiger charge is 2.08. The zero-order chi connectivity index (χ0) is 21.1. The summed E-state index contributed by atoms with van der Waals surface area (Å²) in [7, 11) is 0. The van der Waals surface area contributed by atoms with E-state index in [1.54, 1.807) is 0 Å². The van der Waals surface area contributed by atoms with Gasteiger partial charge in [0.2, 0.25) is 11.0 Å². The maximum atomic E-state index is 5.72. The summed E-state index contributed by atoms with van der Waals surface area (Å²) in [6.07, 6.45) is 4.19. The van der Waals surface area contributed by atoms with Crippen molar-refractivity contribution in [2.45, 2.75) is 13.1 Å². The van der Waals surface area contributed by atoms with Gasteiger partial charge >= 0.3 is 0 Å². The highest BCUT2D eigenvalue weighted by Crippen LogP contribution is 2.08. The van der Waals surface area contributed by atoms with Crippen LogP contribution in [0.3, 0.4) is 0 Å². The largest absolute Gasteiger partial charge is 1.00 e. The Morgan fingerprint density at radius 3 is 1.27 bits per heavy atom. The third kappa shape index (κ3) is 8.12. The molecule has 33 heavy (non-hydrogen) atoms. The molecule has 0 saturated heterocycles. The highest BCUT2D eigenvalue weighted by atomic mass is 79.9. The molecule has 0 amide bonds. The predicted octanol–water partition coefficient (Wildman–Crippen LogP) is -2.67. The molecule has 0 aliphatic rings. The number of aromatic nitrogens is 2. The Morgan fingerprint density at radius 1 is 0.455 bits per heavy atom. The van der Waals surface area contributed by atoms with E-state index >= 15 is 0 Å². The number of rotatable bonds is 12. The summed E-state index contributed by atoms with van der Waals surface area (Å²) in [6.45, 7) is 5.35. The van der Waals surface area contributed by atoms with Gasteiger partial charge in [0.15, 0.2) is 25.5 Å². The molecule has 0 aliphatic carbocycles. The number of benzene rings is 2. The Morgan fingerprint density at radius 2 is 0.818 bits per heavy atom. The second kappa shape index (κ2) is 15.1. The van der Waals surface area contributed by atoms with Crippen LogP contribution in [-0.4, -0.2) is 39.6 Å². The van der Waals surface area contributed by atoms with Gasteiger partial charge in [0.25, 0.3) is 0 Å². The summed E-state index contributed by atoms with van der Waals surface area (Å²) in [5.74, 6) is 0. The van der Waals surface area contributed by atoms with Crippen LogP contribution in [0.4, 0.5) is 0 Å². The van der Waals surface area contributed by atoms with Crippen LogP contribution < -0.4 is 43.1 Å². The van der Waals surface area contributed by atoms with Gasteiger partial charge in [0.1, 0.15) is 13.2 Å². The van der Waals surface area contributed by atoms with Crippen LogP contribution in [0.15, 0.2) is 85.2 Å². The van der Waals surface area contributed by atoms with Crippen molar-refractivity contribution in [3.63, 3.8) is 0 Å². The molecule has 0 spiro atoms. The normalized spacial score (nSPS) is 10.7. The van der Waals surface area contributed by atoms with Crippen LogP contribution in [0.2, 0.25) is 0 Å². The zero-order valence-electron chi connectivity index (χ0n) is 18.6. The van der Waals surface area contributed by atoms with Crippen molar-refractivity contribution in [1.29, 1.82) is 0 Å². The van der Waals surface area contributed by atoms with Gasteiger partial charge in [0.05, 0.1) is 26.4 Å². The quantitative estimate of drug-likeness (QED) is 0.136. The maximum absolute atomic E-state index is 5.72. The number of hydrogen-bond donors (Lipinski definition) is 0. The van der Waals surface area contributed by atoms with Crippen molar-refractivity contribution in [2.75, 3.05) is 39.6 Å². The number of para-hydroxylation sites is 2. The van der Waals surface area contributed by atoms with E-state index in [2.05, 4.69) is 94.3 Å². The van der Waals surface area contributed by atoms with Crippen LogP contribution in [0.1, 0.15) is 0 Å². The van der Waals surface area contributed by atoms with E-state index in [-0.39, 0.29) is 34.0 Å². The Balaban J connectivity index is 0.00000193. The minimum Gasteiger partial charge on any atom is -1.00 e. The fraction of sp³-hybridized carbons (Fsp3) is 0.308. The van der Waals surface area contributed by atoms with Crippen molar-refractivity contribution in [3.8, 4) is 0 Å². The Hall–Kier alpha value is -1.90. The molecule has 0 saturated carbocycles. The second-order valence-electron chi connectivity index (χ2n) is 7.36. The molecule has 4 aromatic rings. The van der Waals surface area contributed by atoms with E-state index in [9.17, 15) is 0 Å². The van der Waals surface area contributed by atoms with Gasteiger partial charge in [-0.2, -0.15) is 9.13 Å². The van der Waals surface area contributed by atoms with Crippen molar-refractivity contribution < 1.29 is 57.3 Å². The molecule has 0 atom stereocenters. The molecule has 0 bridgehead atoms. The van der Waals surface area contributed by atoms with Gasteiger partial charge in [-0.25, -0.2) is 0 Å². The topological polar surface area (TPSA) is 35.5 Å². The van der Waals surface area contributed by atoms with E-state index in [0.29, 0.717) is 39.6 Å². The highest BCUT2D eigenvalue weighted by molar-refractivity contribution is 5.75. The summed E-state index contributed by atoms with van der Waals surface area (Å²) in [5, 5.41) is 2.49. The third-order valence-corrected chi connectivity index (χ3v) is 5.27. The molecular formula is C26H30Br2N2O3. The predicted molar refractivity (Wildman–Crippen MR) is 121 cm³/mol.